The number of ether oxygens (including phenoxy) is 1. The number of aromatic nitrogens is 3. The van der Waals surface area contributed by atoms with E-state index in [1.54, 1.807) is 13.2 Å². The smallest absolute Gasteiger partial charge is 0.271 e. The molecule has 0 saturated heterocycles. The van der Waals surface area contributed by atoms with Gasteiger partial charge in [0.1, 0.15) is 11.4 Å². The lowest BCUT2D eigenvalue weighted by Gasteiger charge is -2.08. The lowest BCUT2D eigenvalue weighted by atomic mass is 10.1. The second-order valence-electron chi connectivity index (χ2n) is 3.35. The minimum atomic E-state index is -0.628. The SMILES string of the molecule is COc1cc(Br)c(-c2n[nH]nc2C(N)=O)cc1I. The summed E-state index contributed by atoms with van der Waals surface area (Å²) < 4.78 is 6.84. The van der Waals surface area contributed by atoms with Gasteiger partial charge in [-0.3, -0.25) is 4.79 Å². The summed E-state index contributed by atoms with van der Waals surface area (Å²) >= 11 is 5.55. The number of rotatable bonds is 3. The molecule has 6 nitrogen and oxygen atoms in total. The van der Waals surface area contributed by atoms with Crippen molar-refractivity contribution in [3.05, 3.63) is 25.9 Å². The van der Waals surface area contributed by atoms with Crippen molar-refractivity contribution in [2.75, 3.05) is 7.11 Å². The van der Waals surface area contributed by atoms with Gasteiger partial charge >= 0.3 is 0 Å². The summed E-state index contributed by atoms with van der Waals surface area (Å²) in [4.78, 5) is 11.2. The minimum absolute atomic E-state index is 0.108. The zero-order valence-electron chi connectivity index (χ0n) is 9.20. The molecule has 2 aromatic rings. The number of primary amides is 1. The molecule has 94 valence electrons. The number of hydrogen-bond acceptors (Lipinski definition) is 4. The molecule has 0 fully saturated rings. The van der Waals surface area contributed by atoms with Gasteiger partial charge in [-0.05, 0) is 50.7 Å². The summed E-state index contributed by atoms with van der Waals surface area (Å²) in [7, 11) is 1.59. The third-order valence-corrected chi connectivity index (χ3v) is 3.78. The molecule has 0 unspecified atom stereocenters. The highest BCUT2D eigenvalue weighted by atomic mass is 127. The number of hydrogen-bond donors (Lipinski definition) is 2. The fraction of sp³-hybridized carbons (Fsp3) is 0.100. The zero-order chi connectivity index (χ0) is 13.3. The van der Waals surface area contributed by atoms with Crippen molar-refractivity contribution in [3.63, 3.8) is 0 Å². The molecule has 0 saturated carbocycles. The van der Waals surface area contributed by atoms with Gasteiger partial charge in [-0.1, -0.05) is 0 Å². The van der Waals surface area contributed by atoms with Gasteiger partial charge in [-0.25, -0.2) is 0 Å². The number of carbonyl (C=O) groups is 1. The molecule has 0 aliphatic heterocycles. The zero-order valence-corrected chi connectivity index (χ0v) is 12.9. The maximum Gasteiger partial charge on any atom is 0.271 e. The Labute approximate surface area is 125 Å². The van der Waals surface area contributed by atoms with Crippen molar-refractivity contribution in [2.24, 2.45) is 5.73 Å². The number of methoxy groups -OCH3 is 1. The van der Waals surface area contributed by atoms with Gasteiger partial charge in [0.2, 0.25) is 0 Å². The molecule has 0 radical (unpaired) electrons. The van der Waals surface area contributed by atoms with Crippen LogP contribution in [0.3, 0.4) is 0 Å². The molecule has 0 spiro atoms. The molecule has 2 rings (SSSR count). The number of halogens is 2. The summed E-state index contributed by atoms with van der Waals surface area (Å²) in [5, 5.41) is 10.1. The van der Waals surface area contributed by atoms with Crippen LogP contribution in [0.15, 0.2) is 16.6 Å². The van der Waals surface area contributed by atoms with Gasteiger partial charge in [0.15, 0.2) is 5.69 Å². The first-order chi connectivity index (χ1) is 8.54. The van der Waals surface area contributed by atoms with Crippen molar-refractivity contribution in [3.8, 4) is 17.0 Å². The molecule has 0 aliphatic carbocycles. The molecule has 1 aromatic carbocycles. The van der Waals surface area contributed by atoms with Crippen LogP contribution in [0.4, 0.5) is 0 Å². The molecule has 8 heteroatoms. The Balaban J connectivity index is 2.61. The number of amides is 1. The monoisotopic (exact) mass is 422 g/mol. The van der Waals surface area contributed by atoms with E-state index < -0.39 is 5.91 Å². The van der Waals surface area contributed by atoms with E-state index in [1.807, 2.05) is 6.07 Å². The normalized spacial score (nSPS) is 10.4. The average Bonchev–Trinajstić information content (AvgIpc) is 2.80. The van der Waals surface area contributed by atoms with Crippen LogP contribution >= 0.6 is 38.5 Å². The average molecular weight is 423 g/mol. The Kier molecular flexibility index (Phi) is 3.85. The molecule has 0 bridgehead atoms. The lowest BCUT2D eigenvalue weighted by Crippen LogP contribution is -2.12. The van der Waals surface area contributed by atoms with Crippen LogP contribution < -0.4 is 10.5 Å². The Hall–Kier alpha value is -1.16. The lowest BCUT2D eigenvalue weighted by molar-refractivity contribution is 0.0996. The van der Waals surface area contributed by atoms with Gasteiger partial charge in [0.05, 0.1) is 10.7 Å². The summed E-state index contributed by atoms with van der Waals surface area (Å²) in [6.07, 6.45) is 0. The fourth-order valence-electron chi connectivity index (χ4n) is 1.46. The molecular weight excluding hydrogens is 415 g/mol. The van der Waals surface area contributed by atoms with Crippen LogP contribution in [-0.4, -0.2) is 28.4 Å². The fourth-order valence-corrected chi connectivity index (χ4v) is 2.65. The van der Waals surface area contributed by atoms with E-state index in [2.05, 4.69) is 53.9 Å². The molecular formula is C10H8BrIN4O2. The third-order valence-electron chi connectivity index (χ3n) is 2.28. The molecule has 1 amide bonds. The van der Waals surface area contributed by atoms with E-state index in [9.17, 15) is 4.79 Å². The Morgan fingerprint density at radius 1 is 1.50 bits per heavy atom. The van der Waals surface area contributed by atoms with Crippen molar-refractivity contribution in [2.45, 2.75) is 0 Å². The topological polar surface area (TPSA) is 93.9 Å². The van der Waals surface area contributed by atoms with Crippen LogP contribution in [0.1, 0.15) is 10.5 Å². The van der Waals surface area contributed by atoms with E-state index in [0.717, 1.165) is 19.4 Å². The number of benzene rings is 1. The van der Waals surface area contributed by atoms with Gasteiger partial charge < -0.3 is 10.5 Å². The van der Waals surface area contributed by atoms with Crippen molar-refractivity contribution >= 4 is 44.4 Å². The van der Waals surface area contributed by atoms with Crippen LogP contribution in [0.5, 0.6) is 5.75 Å². The van der Waals surface area contributed by atoms with Crippen LogP contribution in [0.2, 0.25) is 0 Å². The van der Waals surface area contributed by atoms with E-state index in [1.165, 1.54) is 0 Å². The van der Waals surface area contributed by atoms with Gasteiger partial charge in [0.25, 0.3) is 5.91 Å². The van der Waals surface area contributed by atoms with Gasteiger partial charge in [-0.15, -0.1) is 0 Å². The number of aromatic amines is 1. The maximum atomic E-state index is 11.2. The number of carbonyl (C=O) groups excluding carboxylic acids is 1. The Morgan fingerprint density at radius 2 is 2.22 bits per heavy atom. The van der Waals surface area contributed by atoms with E-state index >= 15 is 0 Å². The van der Waals surface area contributed by atoms with E-state index in [0.29, 0.717) is 5.69 Å². The quantitative estimate of drug-likeness (QED) is 0.739. The highest BCUT2D eigenvalue weighted by Gasteiger charge is 2.18. The maximum absolute atomic E-state index is 11.2. The minimum Gasteiger partial charge on any atom is -0.496 e. The molecule has 18 heavy (non-hydrogen) atoms. The van der Waals surface area contributed by atoms with Gasteiger partial charge in [-0.2, -0.15) is 15.4 Å². The van der Waals surface area contributed by atoms with E-state index in [-0.39, 0.29) is 5.69 Å². The summed E-state index contributed by atoms with van der Waals surface area (Å²) in [6, 6.07) is 3.64. The van der Waals surface area contributed by atoms with Crippen molar-refractivity contribution in [1.82, 2.24) is 15.4 Å². The van der Waals surface area contributed by atoms with Gasteiger partial charge in [0, 0.05) is 10.0 Å². The first-order valence-electron chi connectivity index (χ1n) is 4.78. The second-order valence-corrected chi connectivity index (χ2v) is 5.37. The Bertz CT molecular complexity index is 614. The highest BCUT2D eigenvalue weighted by molar-refractivity contribution is 14.1. The molecule has 0 aliphatic rings. The predicted octanol–water partition coefficient (Wildman–Crippen LogP) is 1.95. The van der Waals surface area contributed by atoms with E-state index in [4.69, 9.17) is 10.5 Å². The number of H-pyrrole nitrogens is 1. The summed E-state index contributed by atoms with van der Waals surface area (Å²) in [6.45, 7) is 0. The molecule has 3 N–H and O–H groups in total. The number of nitrogens with two attached hydrogens (primary N) is 1. The summed E-state index contributed by atoms with van der Waals surface area (Å²) in [5.41, 5.74) is 6.48. The first kappa shape index (κ1) is 13.3. The van der Waals surface area contributed by atoms with Crippen LogP contribution in [0.25, 0.3) is 11.3 Å². The largest absolute Gasteiger partial charge is 0.496 e. The highest BCUT2D eigenvalue weighted by Crippen LogP contribution is 2.34. The molecule has 1 aromatic heterocycles. The molecule has 1 heterocycles. The summed E-state index contributed by atoms with van der Waals surface area (Å²) in [5.74, 6) is 0.104. The van der Waals surface area contributed by atoms with Crippen LogP contribution in [0, 0.1) is 3.57 Å². The Morgan fingerprint density at radius 3 is 2.83 bits per heavy atom. The van der Waals surface area contributed by atoms with Crippen molar-refractivity contribution in [1.29, 1.82) is 0 Å². The second kappa shape index (κ2) is 5.22. The number of nitrogens with zero attached hydrogens (tertiary/aromatic N) is 2. The van der Waals surface area contributed by atoms with Crippen LogP contribution in [-0.2, 0) is 0 Å². The third kappa shape index (κ3) is 2.34. The van der Waals surface area contributed by atoms with Crippen molar-refractivity contribution < 1.29 is 9.53 Å². The first-order valence-corrected chi connectivity index (χ1v) is 6.65. The predicted molar refractivity (Wildman–Crippen MR) is 77.3 cm³/mol. The standard InChI is InChI=1S/C10H8BrIN4O2/c1-18-7-3-5(11)4(2-6(7)12)8-9(10(13)17)15-16-14-8/h2-3H,1H3,(H2,13,17)(H,14,15,16). The number of nitrogens with one attached hydrogen (secondary N) is 1. The molecule has 0 atom stereocenters.